The van der Waals surface area contributed by atoms with Gasteiger partial charge in [-0.3, -0.25) is 4.79 Å². The molecule has 0 spiro atoms. The van der Waals surface area contributed by atoms with Gasteiger partial charge in [-0.15, -0.1) is 0 Å². The number of hydrogen-bond donors (Lipinski definition) is 2. The molecule has 1 saturated heterocycles. The predicted octanol–water partition coefficient (Wildman–Crippen LogP) is -0.546. The zero-order valence-electron chi connectivity index (χ0n) is 8.76. The molecule has 0 amide bonds. The van der Waals surface area contributed by atoms with Crippen molar-refractivity contribution >= 4 is 0 Å². The molecule has 6 nitrogen and oxygen atoms in total. The number of aliphatic hydroxyl groups is 1. The minimum atomic E-state index is -0.514. The molecule has 88 valence electrons. The Labute approximate surface area is 91.5 Å². The van der Waals surface area contributed by atoms with E-state index in [2.05, 4.69) is 4.98 Å². The Bertz CT molecular complexity index is 428. The van der Waals surface area contributed by atoms with E-state index >= 15 is 0 Å². The van der Waals surface area contributed by atoms with Gasteiger partial charge in [0.25, 0.3) is 5.56 Å². The molecule has 0 saturated carbocycles. The molecular formula is C10H14N2O4. The highest BCUT2D eigenvalue weighted by Crippen LogP contribution is 2.23. The van der Waals surface area contributed by atoms with Crippen LogP contribution in [0.4, 0.5) is 0 Å². The van der Waals surface area contributed by atoms with Gasteiger partial charge in [-0.25, -0.2) is 9.36 Å². The zero-order chi connectivity index (χ0) is 11.5. The van der Waals surface area contributed by atoms with Crippen molar-refractivity contribution in [3.63, 3.8) is 0 Å². The van der Waals surface area contributed by atoms with Crippen LogP contribution in [0.2, 0.25) is 0 Å². The second-order valence-corrected chi connectivity index (χ2v) is 3.90. The van der Waals surface area contributed by atoms with E-state index in [0.29, 0.717) is 13.0 Å². The average molecular weight is 226 g/mol. The minimum Gasteiger partial charge on any atom is -0.396 e. The fourth-order valence-electron chi connectivity index (χ4n) is 1.85. The van der Waals surface area contributed by atoms with Crippen LogP contribution in [0.1, 0.15) is 19.1 Å². The Balaban J connectivity index is 2.21. The lowest BCUT2D eigenvalue weighted by Gasteiger charge is -2.28. The summed E-state index contributed by atoms with van der Waals surface area (Å²) in [6.45, 7) is 0.453. The van der Waals surface area contributed by atoms with E-state index in [1.807, 2.05) is 0 Å². The third-order valence-corrected chi connectivity index (χ3v) is 2.78. The molecule has 0 aliphatic carbocycles. The van der Waals surface area contributed by atoms with E-state index in [0.717, 1.165) is 11.0 Å². The number of rotatable bonds is 2. The lowest BCUT2D eigenvalue weighted by atomic mass is 10.0. The highest BCUT2D eigenvalue weighted by molar-refractivity contribution is 4.85. The molecule has 1 aromatic rings. The summed E-state index contributed by atoms with van der Waals surface area (Å²) in [6.07, 6.45) is 2.13. The predicted molar refractivity (Wildman–Crippen MR) is 56.1 cm³/mol. The van der Waals surface area contributed by atoms with Crippen molar-refractivity contribution in [2.75, 3.05) is 13.2 Å². The first-order valence-corrected chi connectivity index (χ1v) is 5.25. The fraction of sp³-hybridized carbons (Fsp3) is 0.600. The van der Waals surface area contributed by atoms with Crippen LogP contribution in [0.15, 0.2) is 21.9 Å². The Hall–Kier alpha value is -1.40. The number of aromatic amines is 1. The van der Waals surface area contributed by atoms with Gasteiger partial charge in [-0.2, -0.15) is 0 Å². The van der Waals surface area contributed by atoms with Gasteiger partial charge < -0.3 is 14.8 Å². The number of ether oxygens (including phenoxy) is 1. The SMILES string of the molecule is O=c1cc[nH]c(=O)n1C1CCC(CO)CO1. The summed E-state index contributed by atoms with van der Waals surface area (Å²) >= 11 is 0. The van der Waals surface area contributed by atoms with Crippen molar-refractivity contribution in [1.29, 1.82) is 0 Å². The molecule has 2 atom stereocenters. The molecule has 0 bridgehead atoms. The molecule has 1 aliphatic rings. The largest absolute Gasteiger partial charge is 0.396 e. The lowest BCUT2D eigenvalue weighted by Crippen LogP contribution is -2.40. The van der Waals surface area contributed by atoms with Gasteiger partial charge >= 0.3 is 5.69 Å². The van der Waals surface area contributed by atoms with Gasteiger partial charge in [-0.1, -0.05) is 0 Å². The average Bonchev–Trinajstić information content (AvgIpc) is 2.30. The van der Waals surface area contributed by atoms with Crippen LogP contribution in [-0.2, 0) is 4.74 Å². The summed E-state index contributed by atoms with van der Waals surface area (Å²) < 4.78 is 6.49. The minimum absolute atomic E-state index is 0.0762. The van der Waals surface area contributed by atoms with Crippen molar-refractivity contribution in [2.24, 2.45) is 5.92 Å². The van der Waals surface area contributed by atoms with Crippen LogP contribution in [0.5, 0.6) is 0 Å². The summed E-state index contributed by atoms with van der Waals surface area (Å²) in [5, 5.41) is 8.94. The van der Waals surface area contributed by atoms with E-state index in [9.17, 15) is 9.59 Å². The van der Waals surface area contributed by atoms with Crippen molar-refractivity contribution < 1.29 is 9.84 Å². The molecule has 6 heteroatoms. The molecule has 1 aromatic heterocycles. The normalized spacial score (nSPS) is 25.6. The van der Waals surface area contributed by atoms with Crippen LogP contribution < -0.4 is 11.2 Å². The molecular weight excluding hydrogens is 212 g/mol. The van der Waals surface area contributed by atoms with Crippen molar-refractivity contribution in [3.05, 3.63) is 33.1 Å². The van der Waals surface area contributed by atoms with Crippen molar-refractivity contribution in [3.8, 4) is 0 Å². The first-order chi connectivity index (χ1) is 7.72. The highest BCUT2D eigenvalue weighted by atomic mass is 16.5. The number of H-pyrrole nitrogens is 1. The summed E-state index contributed by atoms with van der Waals surface area (Å²) in [7, 11) is 0. The molecule has 0 radical (unpaired) electrons. The Kier molecular flexibility index (Phi) is 3.21. The van der Waals surface area contributed by atoms with E-state index in [4.69, 9.17) is 9.84 Å². The van der Waals surface area contributed by atoms with Crippen LogP contribution in [0.3, 0.4) is 0 Å². The maximum absolute atomic E-state index is 11.5. The highest BCUT2D eigenvalue weighted by Gasteiger charge is 2.24. The summed E-state index contributed by atoms with van der Waals surface area (Å²) in [5.41, 5.74) is -0.823. The second-order valence-electron chi connectivity index (χ2n) is 3.90. The summed E-state index contributed by atoms with van der Waals surface area (Å²) in [6, 6.07) is 1.29. The smallest absolute Gasteiger partial charge is 0.330 e. The van der Waals surface area contributed by atoms with Crippen LogP contribution in [-0.4, -0.2) is 27.9 Å². The second kappa shape index (κ2) is 4.63. The van der Waals surface area contributed by atoms with E-state index in [-0.39, 0.29) is 18.1 Å². The molecule has 2 unspecified atom stereocenters. The van der Waals surface area contributed by atoms with Crippen molar-refractivity contribution in [1.82, 2.24) is 9.55 Å². The van der Waals surface area contributed by atoms with Crippen LogP contribution in [0, 0.1) is 5.92 Å². The first kappa shape index (κ1) is 11.1. The molecule has 16 heavy (non-hydrogen) atoms. The Morgan fingerprint density at radius 1 is 1.50 bits per heavy atom. The first-order valence-electron chi connectivity index (χ1n) is 5.25. The van der Waals surface area contributed by atoms with Gasteiger partial charge in [0, 0.05) is 24.8 Å². The molecule has 0 aromatic carbocycles. The molecule has 2 heterocycles. The number of aliphatic hydroxyl groups excluding tert-OH is 1. The Morgan fingerprint density at radius 3 is 2.88 bits per heavy atom. The quantitative estimate of drug-likeness (QED) is 0.709. The lowest BCUT2D eigenvalue weighted by molar-refractivity contribution is -0.0723. The molecule has 1 aliphatic heterocycles. The number of hydrogen-bond acceptors (Lipinski definition) is 4. The topological polar surface area (TPSA) is 84.3 Å². The van der Waals surface area contributed by atoms with Crippen LogP contribution >= 0.6 is 0 Å². The van der Waals surface area contributed by atoms with E-state index in [1.54, 1.807) is 0 Å². The van der Waals surface area contributed by atoms with Crippen LogP contribution in [0.25, 0.3) is 0 Å². The number of nitrogens with zero attached hydrogens (tertiary/aromatic N) is 1. The van der Waals surface area contributed by atoms with Gasteiger partial charge in [0.05, 0.1) is 6.61 Å². The zero-order valence-corrected chi connectivity index (χ0v) is 8.76. The maximum atomic E-state index is 11.5. The third-order valence-electron chi connectivity index (χ3n) is 2.78. The number of nitrogens with one attached hydrogen (secondary N) is 1. The van der Waals surface area contributed by atoms with Crippen molar-refractivity contribution in [2.45, 2.75) is 19.1 Å². The summed E-state index contributed by atoms with van der Waals surface area (Å²) in [5.74, 6) is 0.106. The maximum Gasteiger partial charge on any atom is 0.330 e. The molecule has 2 N–H and O–H groups in total. The van der Waals surface area contributed by atoms with Gasteiger partial charge in [0.2, 0.25) is 0 Å². The fourth-order valence-corrected chi connectivity index (χ4v) is 1.85. The van der Waals surface area contributed by atoms with Gasteiger partial charge in [0.15, 0.2) is 0 Å². The Morgan fingerprint density at radius 2 is 2.31 bits per heavy atom. The van der Waals surface area contributed by atoms with E-state index < -0.39 is 11.9 Å². The van der Waals surface area contributed by atoms with E-state index in [1.165, 1.54) is 12.3 Å². The third kappa shape index (κ3) is 2.07. The van der Waals surface area contributed by atoms with Gasteiger partial charge in [-0.05, 0) is 12.8 Å². The standard InChI is InChI=1S/C10H14N2O4/c13-5-7-1-2-9(16-6-7)12-8(14)3-4-11-10(12)15/h3-4,7,9,13H,1-2,5-6H2,(H,11,15). The summed E-state index contributed by atoms with van der Waals surface area (Å²) in [4.78, 5) is 25.4. The number of aromatic nitrogens is 2. The molecule has 1 fully saturated rings. The van der Waals surface area contributed by atoms with Gasteiger partial charge in [0.1, 0.15) is 6.23 Å². The molecule has 2 rings (SSSR count). The monoisotopic (exact) mass is 226 g/mol.